The van der Waals surface area contributed by atoms with Crippen LogP contribution in [0.3, 0.4) is 0 Å². The van der Waals surface area contributed by atoms with E-state index in [-0.39, 0.29) is 0 Å². The maximum Gasteiger partial charge on any atom is 0.0541 e. The van der Waals surface area contributed by atoms with E-state index in [1.54, 1.807) is 11.1 Å². The summed E-state index contributed by atoms with van der Waals surface area (Å²) in [7, 11) is 0. The van der Waals surface area contributed by atoms with E-state index in [9.17, 15) is 0 Å². The van der Waals surface area contributed by atoms with E-state index in [1.807, 2.05) is 22.5 Å². The number of nitrogens with zero attached hydrogens (tertiary/aromatic N) is 1. The van der Waals surface area contributed by atoms with Crippen molar-refractivity contribution < 1.29 is 0 Å². The number of hydrogen-bond acceptors (Lipinski definition) is 1. The molecule has 0 bridgehead atoms. The Labute approximate surface area is 299 Å². The Kier molecular flexibility index (Phi) is 6.22. The van der Waals surface area contributed by atoms with Crippen molar-refractivity contribution in [3.05, 3.63) is 125 Å². The molecule has 248 valence electrons. The summed E-state index contributed by atoms with van der Waals surface area (Å²) < 4.78 is 5.30. The van der Waals surface area contributed by atoms with Crippen LogP contribution in [0.5, 0.6) is 0 Å². The Morgan fingerprint density at radius 1 is 0.500 bits per heavy atom. The molecule has 0 radical (unpaired) electrons. The summed E-state index contributed by atoms with van der Waals surface area (Å²) in [5, 5.41) is 5.53. The zero-order chi connectivity index (χ0) is 32.5. The lowest BCUT2D eigenvalue weighted by atomic mass is 9.46. The fourth-order valence-corrected chi connectivity index (χ4v) is 14.2. The highest BCUT2D eigenvalue weighted by Gasteiger charge is 2.54. The number of para-hydroxylation sites is 2. The molecule has 8 atom stereocenters. The predicted molar refractivity (Wildman–Crippen MR) is 211 cm³/mol. The number of hydrogen-bond donors (Lipinski definition) is 0. The molecule has 0 saturated heterocycles. The molecular formula is C48H45NS. The van der Waals surface area contributed by atoms with Crippen molar-refractivity contribution in [1.29, 1.82) is 0 Å². The Morgan fingerprint density at radius 3 is 1.96 bits per heavy atom. The third kappa shape index (κ3) is 3.95. The first-order chi connectivity index (χ1) is 24.8. The van der Waals surface area contributed by atoms with Crippen LogP contribution in [0.25, 0.3) is 47.7 Å². The van der Waals surface area contributed by atoms with Crippen LogP contribution in [0, 0.1) is 23.7 Å². The van der Waals surface area contributed by atoms with Gasteiger partial charge in [-0.2, -0.15) is 0 Å². The van der Waals surface area contributed by atoms with Crippen molar-refractivity contribution >= 4 is 53.3 Å². The summed E-state index contributed by atoms with van der Waals surface area (Å²) >= 11 is 1.96. The summed E-state index contributed by atoms with van der Waals surface area (Å²) in [4.78, 5) is 0. The first kappa shape index (κ1) is 28.8. The molecule has 5 aromatic carbocycles. The van der Waals surface area contributed by atoms with E-state index in [1.165, 1.54) is 112 Å². The molecule has 8 unspecified atom stereocenters. The molecule has 3 saturated carbocycles. The number of thiophene rings is 1. The molecule has 2 heterocycles. The van der Waals surface area contributed by atoms with Gasteiger partial charge in [-0.1, -0.05) is 79.9 Å². The molecule has 0 aliphatic heterocycles. The number of aromatic nitrogens is 1. The minimum absolute atomic E-state index is 0.673. The van der Waals surface area contributed by atoms with Crippen LogP contribution < -0.4 is 0 Å². The third-order valence-electron chi connectivity index (χ3n) is 14.9. The van der Waals surface area contributed by atoms with Gasteiger partial charge in [0.25, 0.3) is 0 Å². The lowest BCUT2D eigenvalue weighted by Gasteiger charge is -2.59. The van der Waals surface area contributed by atoms with Gasteiger partial charge >= 0.3 is 0 Å². The Bertz CT molecular complexity index is 2420. The molecular weight excluding hydrogens is 623 g/mol. The summed E-state index contributed by atoms with van der Waals surface area (Å²) in [6, 6.07) is 40.2. The second kappa shape index (κ2) is 10.8. The van der Waals surface area contributed by atoms with Crippen molar-refractivity contribution in [3.8, 4) is 5.69 Å². The smallest absolute Gasteiger partial charge is 0.0541 e. The molecule has 12 rings (SSSR count). The Hall–Kier alpha value is -3.88. The van der Waals surface area contributed by atoms with Gasteiger partial charge in [0.2, 0.25) is 0 Å². The number of fused-ring (bicyclic) bond motifs is 12. The molecule has 50 heavy (non-hydrogen) atoms. The largest absolute Gasteiger partial charge is 0.309 e. The maximum atomic E-state index is 2.63. The van der Waals surface area contributed by atoms with Crippen LogP contribution in [0.15, 0.2) is 103 Å². The summed E-state index contributed by atoms with van der Waals surface area (Å²) in [6.45, 7) is 0. The van der Waals surface area contributed by atoms with E-state index >= 15 is 0 Å². The van der Waals surface area contributed by atoms with Gasteiger partial charge in [-0.3, -0.25) is 0 Å². The van der Waals surface area contributed by atoms with Crippen molar-refractivity contribution in [3.63, 3.8) is 0 Å². The second-order valence-electron chi connectivity index (χ2n) is 16.9. The van der Waals surface area contributed by atoms with E-state index in [0.29, 0.717) is 5.92 Å². The van der Waals surface area contributed by atoms with E-state index in [0.717, 1.165) is 41.4 Å². The highest BCUT2D eigenvalue weighted by atomic mass is 32.1. The van der Waals surface area contributed by atoms with E-state index < -0.39 is 0 Å². The molecule has 5 aliphatic rings. The molecule has 3 fully saturated rings. The maximum absolute atomic E-state index is 2.63. The quantitative estimate of drug-likeness (QED) is 0.173. The van der Waals surface area contributed by atoms with Crippen molar-refractivity contribution in [2.75, 3.05) is 0 Å². The Balaban J connectivity index is 0.936. The molecule has 0 amide bonds. The van der Waals surface area contributed by atoms with E-state index in [2.05, 4.69) is 108 Å². The first-order valence-corrected chi connectivity index (χ1v) is 20.7. The van der Waals surface area contributed by atoms with Gasteiger partial charge in [0.1, 0.15) is 0 Å². The molecule has 2 heteroatoms. The van der Waals surface area contributed by atoms with Gasteiger partial charge in [0.15, 0.2) is 0 Å². The van der Waals surface area contributed by atoms with Crippen LogP contribution in [0.1, 0.15) is 110 Å². The molecule has 2 aromatic heterocycles. The highest BCUT2D eigenvalue weighted by molar-refractivity contribution is 7.25. The summed E-state index contributed by atoms with van der Waals surface area (Å²) in [5.74, 6) is 6.81. The zero-order valence-electron chi connectivity index (χ0n) is 28.9. The fourth-order valence-electron chi connectivity index (χ4n) is 13.1. The van der Waals surface area contributed by atoms with Crippen molar-refractivity contribution in [1.82, 2.24) is 4.57 Å². The number of rotatable bonds is 2. The number of benzene rings is 5. The van der Waals surface area contributed by atoms with Crippen LogP contribution in [0.4, 0.5) is 0 Å². The van der Waals surface area contributed by atoms with Gasteiger partial charge in [-0.25, -0.2) is 0 Å². The average Bonchev–Trinajstić information content (AvgIpc) is 3.72. The van der Waals surface area contributed by atoms with Crippen molar-refractivity contribution in [2.24, 2.45) is 23.7 Å². The topological polar surface area (TPSA) is 4.93 Å². The lowest BCUT2D eigenvalue weighted by molar-refractivity contribution is 0.0338. The molecule has 0 N–H and O–H groups in total. The zero-order valence-corrected chi connectivity index (χ0v) is 29.7. The highest BCUT2D eigenvalue weighted by Crippen LogP contribution is 2.66. The Morgan fingerprint density at radius 2 is 1.16 bits per heavy atom. The van der Waals surface area contributed by atoms with Crippen LogP contribution in [0.2, 0.25) is 0 Å². The van der Waals surface area contributed by atoms with Gasteiger partial charge in [-0.15, -0.1) is 11.3 Å². The molecule has 7 aromatic rings. The van der Waals surface area contributed by atoms with Crippen LogP contribution in [-0.4, -0.2) is 4.57 Å². The second-order valence-corrected chi connectivity index (χ2v) is 18.0. The molecule has 1 nitrogen and oxygen atoms in total. The standard InChI is InChI=1S/C48H45NS/c1-2-10-32-31(9-1)36-13-7-15-38-33-22-19-28(25-40(33)39-16-8-14-37(32)48(39)47(36)38)29-20-23-45-41(26-29)42-27-30(21-24-46(42)50-45)49-43-17-5-3-11-34(43)35-12-4-6-18-44(35)49/h3-7,11-13,15,17-18,20-21,23-24,26-28,31-33,37,39-40,48H,1-2,8-10,14,16,19,22,25H2. The van der Waals surface area contributed by atoms with Crippen molar-refractivity contribution in [2.45, 2.75) is 87.9 Å². The van der Waals surface area contributed by atoms with Gasteiger partial charge in [-0.05, 0) is 157 Å². The van der Waals surface area contributed by atoms with Crippen LogP contribution in [-0.2, 0) is 0 Å². The van der Waals surface area contributed by atoms with Gasteiger partial charge in [0.05, 0.1) is 11.0 Å². The summed E-state index contributed by atoms with van der Waals surface area (Å²) in [5.41, 5.74) is 11.0. The first-order valence-electron chi connectivity index (χ1n) is 19.9. The SMILES string of the molecule is c1cc2c3c(c1)C1CCC(c4ccc5sc6ccc(-n7c8ccccc8c8ccccc87)cc6c5c4)CC1C1CCCC(C4CCCCC24)C31. The minimum atomic E-state index is 0.673. The van der Waals surface area contributed by atoms with Gasteiger partial charge < -0.3 is 4.57 Å². The third-order valence-corrected chi connectivity index (χ3v) is 16.1. The molecule has 0 spiro atoms. The van der Waals surface area contributed by atoms with Gasteiger partial charge in [0, 0.05) is 36.6 Å². The lowest BCUT2D eigenvalue weighted by Crippen LogP contribution is -2.47. The minimum Gasteiger partial charge on any atom is -0.309 e. The monoisotopic (exact) mass is 667 g/mol. The van der Waals surface area contributed by atoms with E-state index in [4.69, 9.17) is 0 Å². The normalized spacial score (nSPS) is 30.0. The average molecular weight is 668 g/mol. The predicted octanol–water partition coefficient (Wildman–Crippen LogP) is 13.6. The molecule has 5 aliphatic carbocycles. The van der Waals surface area contributed by atoms with Crippen LogP contribution >= 0.6 is 11.3 Å². The fraction of sp³-hybridized carbons (Fsp3) is 0.375. The summed E-state index contributed by atoms with van der Waals surface area (Å²) in [6.07, 6.45) is 14.4.